The molecule has 25 heavy (non-hydrogen) atoms. The van der Waals surface area contributed by atoms with Crippen LogP contribution < -0.4 is 14.8 Å². The molecule has 2 aromatic rings. The van der Waals surface area contributed by atoms with Crippen LogP contribution in [0.15, 0.2) is 53.4 Å². The first kappa shape index (κ1) is 19.0. The highest BCUT2D eigenvalue weighted by atomic mass is 32.2. The largest absolute Gasteiger partial charge is 0.497 e. The van der Waals surface area contributed by atoms with Gasteiger partial charge in [0.25, 0.3) is 0 Å². The normalized spacial score (nSPS) is 12.4. The molecule has 0 heterocycles. The molecule has 2 aromatic carbocycles. The van der Waals surface area contributed by atoms with E-state index in [1.807, 2.05) is 25.1 Å². The van der Waals surface area contributed by atoms with Gasteiger partial charge >= 0.3 is 0 Å². The van der Waals surface area contributed by atoms with Crippen molar-refractivity contribution in [3.05, 3.63) is 54.1 Å². The van der Waals surface area contributed by atoms with Gasteiger partial charge in [0, 0.05) is 5.69 Å². The van der Waals surface area contributed by atoms with Gasteiger partial charge in [-0.3, -0.25) is 4.79 Å². The first-order valence-electron chi connectivity index (χ1n) is 7.92. The van der Waals surface area contributed by atoms with E-state index in [4.69, 9.17) is 4.74 Å². The summed E-state index contributed by atoms with van der Waals surface area (Å²) in [4.78, 5) is 12.4. The quantitative estimate of drug-likeness (QED) is 0.793. The third kappa shape index (κ3) is 4.80. The molecule has 7 heteroatoms. The van der Waals surface area contributed by atoms with Crippen molar-refractivity contribution in [1.29, 1.82) is 0 Å². The van der Waals surface area contributed by atoms with Gasteiger partial charge in [-0.2, -0.15) is 4.72 Å². The van der Waals surface area contributed by atoms with E-state index in [1.54, 1.807) is 18.2 Å². The number of benzene rings is 2. The lowest BCUT2D eigenvalue weighted by Gasteiger charge is -2.16. The van der Waals surface area contributed by atoms with Crippen molar-refractivity contribution in [2.24, 2.45) is 0 Å². The maximum atomic E-state index is 12.4. The SMILES string of the molecule is CCc1ccccc1NC(=O)[C@H](C)NS(=O)(=O)c1ccc(OC)cc1. The first-order chi connectivity index (χ1) is 11.9. The average molecular weight is 362 g/mol. The van der Waals surface area contributed by atoms with Crippen LogP contribution in [0, 0.1) is 0 Å². The molecule has 2 N–H and O–H groups in total. The molecule has 0 aliphatic rings. The molecule has 0 fully saturated rings. The average Bonchev–Trinajstić information content (AvgIpc) is 2.61. The number of nitrogens with one attached hydrogen (secondary N) is 2. The minimum absolute atomic E-state index is 0.0712. The fourth-order valence-electron chi connectivity index (χ4n) is 2.30. The Morgan fingerprint density at radius 2 is 1.76 bits per heavy atom. The molecule has 0 saturated heterocycles. The standard InChI is InChI=1S/C18H22N2O4S/c1-4-14-7-5-6-8-17(14)19-18(21)13(2)20-25(22,23)16-11-9-15(24-3)10-12-16/h5-13,20H,4H2,1-3H3,(H,19,21)/t13-/m0/s1. The maximum absolute atomic E-state index is 12.4. The van der Waals surface area contributed by atoms with Crippen molar-refractivity contribution >= 4 is 21.6 Å². The molecule has 0 spiro atoms. The summed E-state index contributed by atoms with van der Waals surface area (Å²) in [5, 5.41) is 2.77. The van der Waals surface area contributed by atoms with Crippen LogP contribution in [0.1, 0.15) is 19.4 Å². The van der Waals surface area contributed by atoms with E-state index >= 15 is 0 Å². The van der Waals surface area contributed by atoms with Crippen LogP contribution in [0.3, 0.4) is 0 Å². The summed E-state index contributed by atoms with van der Waals surface area (Å²) in [7, 11) is -2.30. The molecule has 0 radical (unpaired) electrons. The van der Waals surface area contributed by atoms with Crippen molar-refractivity contribution in [3.8, 4) is 5.75 Å². The van der Waals surface area contributed by atoms with E-state index in [2.05, 4.69) is 10.0 Å². The molecular formula is C18H22N2O4S. The Morgan fingerprint density at radius 3 is 2.36 bits per heavy atom. The van der Waals surface area contributed by atoms with Crippen LogP contribution in [-0.2, 0) is 21.2 Å². The van der Waals surface area contributed by atoms with E-state index in [0.29, 0.717) is 11.4 Å². The van der Waals surface area contributed by atoms with E-state index in [9.17, 15) is 13.2 Å². The van der Waals surface area contributed by atoms with Crippen molar-refractivity contribution < 1.29 is 17.9 Å². The first-order valence-corrected chi connectivity index (χ1v) is 9.41. The zero-order valence-electron chi connectivity index (χ0n) is 14.4. The van der Waals surface area contributed by atoms with Gasteiger partial charge in [-0.15, -0.1) is 0 Å². The van der Waals surface area contributed by atoms with Gasteiger partial charge in [-0.25, -0.2) is 8.42 Å². The molecule has 0 aromatic heterocycles. The van der Waals surface area contributed by atoms with Crippen LogP contribution in [-0.4, -0.2) is 27.5 Å². The number of sulfonamides is 1. The summed E-state index contributed by atoms with van der Waals surface area (Å²) in [5.41, 5.74) is 1.67. The van der Waals surface area contributed by atoms with Gasteiger partial charge in [0.15, 0.2) is 0 Å². The van der Waals surface area contributed by atoms with Crippen LogP contribution in [0.25, 0.3) is 0 Å². The second-order valence-corrected chi connectivity index (χ2v) is 7.23. The Bertz CT molecular complexity index is 832. The van der Waals surface area contributed by atoms with E-state index < -0.39 is 22.0 Å². The third-order valence-electron chi connectivity index (χ3n) is 3.75. The molecule has 0 aliphatic heterocycles. The van der Waals surface area contributed by atoms with E-state index in [0.717, 1.165) is 12.0 Å². The molecule has 0 saturated carbocycles. The lowest BCUT2D eigenvalue weighted by atomic mass is 10.1. The number of anilines is 1. The molecule has 0 bridgehead atoms. The Balaban J connectivity index is 2.08. The third-order valence-corrected chi connectivity index (χ3v) is 5.31. The fourth-order valence-corrected chi connectivity index (χ4v) is 3.50. The van der Waals surface area contributed by atoms with Crippen molar-refractivity contribution in [2.75, 3.05) is 12.4 Å². The predicted octanol–water partition coefficient (Wildman–Crippen LogP) is 2.56. The van der Waals surface area contributed by atoms with Gasteiger partial charge in [0.2, 0.25) is 15.9 Å². The number of amides is 1. The van der Waals surface area contributed by atoms with Crippen molar-refractivity contribution in [2.45, 2.75) is 31.2 Å². The number of carbonyl (C=O) groups is 1. The molecule has 0 aliphatic carbocycles. The monoisotopic (exact) mass is 362 g/mol. The van der Waals surface area contributed by atoms with Gasteiger partial charge < -0.3 is 10.1 Å². The van der Waals surface area contributed by atoms with E-state index in [1.165, 1.54) is 26.2 Å². The second-order valence-electron chi connectivity index (χ2n) is 5.52. The van der Waals surface area contributed by atoms with Gasteiger partial charge in [-0.1, -0.05) is 25.1 Å². The fraction of sp³-hybridized carbons (Fsp3) is 0.278. The zero-order chi connectivity index (χ0) is 18.4. The summed E-state index contributed by atoms with van der Waals surface area (Å²) in [6.45, 7) is 3.49. The van der Waals surface area contributed by atoms with Gasteiger partial charge in [0.1, 0.15) is 5.75 Å². The van der Waals surface area contributed by atoms with E-state index in [-0.39, 0.29) is 4.90 Å². The minimum atomic E-state index is -3.80. The molecule has 0 unspecified atom stereocenters. The summed E-state index contributed by atoms with van der Waals surface area (Å²) in [5.74, 6) is 0.138. The lowest BCUT2D eigenvalue weighted by molar-refractivity contribution is -0.117. The van der Waals surface area contributed by atoms with Crippen LogP contribution in [0.2, 0.25) is 0 Å². The Labute approximate surface area is 148 Å². The predicted molar refractivity (Wildman–Crippen MR) is 97.2 cm³/mol. The lowest BCUT2D eigenvalue weighted by Crippen LogP contribution is -2.41. The Kier molecular flexibility index (Phi) is 6.17. The van der Waals surface area contributed by atoms with Gasteiger partial charge in [-0.05, 0) is 49.2 Å². The number of para-hydroxylation sites is 1. The zero-order valence-corrected chi connectivity index (χ0v) is 15.3. The Morgan fingerprint density at radius 1 is 1.12 bits per heavy atom. The highest BCUT2D eigenvalue weighted by Crippen LogP contribution is 2.17. The van der Waals surface area contributed by atoms with Crippen LogP contribution in [0.4, 0.5) is 5.69 Å². The summed E-state index contributed by atoms with van der Waals surface area (Å²) < 4.78 is 32.2. The Hall–Kier alpha value is -2.38. The smallest absolute Gasteiger partial charge is 0.242 e. The molecule has 2 rings (SSSR count). The highest BCUT2D eigenvalue weighted by Gasteiger charge is 2.22. The number of carbonyl (C=O) groups excluding carboxylic acids is 1. The van der Waals surface area contributed by atoms with Crippen molar-refractivity contribution in [3.63, 3.8) is 0 Å². The van der Waals surface area contributed by atoms with Crippen molar-refractivity contribution in [1.82, 2.24) is 4.72 Å². The molecule has 134 valence electrons. The minimum Gasteiger partial charge on any atom is -0.497 e. The number of aryl methyl sites for hydroxylation is 1. The van der Waals surface area contributed by atoms with Crippen LogP contribution in [0.5, 0.6) is 5.75 Å². The van der Waals surface area contributed by atoms with Gasteiger partial charge in [0.05, 0.1) is 18.0 Å². The highest BCUT2D eigenvalue weighted by molar-refractivity contribution is 7.89. The summed E-state index contributed by atoms with van der Waals surface area (Å²) in [6, 6.07) is 12.5. The second kappa shape index (κ2) is 8.13. The summed E-state index contributed by atoms with van der Waals surface area (Å²) >= 11 is 0. The number of hydrogen-bond acceptors (Lipinski definition) is 4. The number of methoxy groups -OCH3 is 1. The number of rotatable bonds is 7. The topological polar surface area (TPSA) is 84.5 Å². The molecular weight excluding hydrogens is 340 g/mol. The molecule has 1 atom stereocenters. The maximum Gasteiger partial charge on any atom is 0.242 e. The molecule has 1 amide bonds. The number of ether oxygens (including phenoxy) is 1. The molecule has 6 nitrogen and oxygen atoms in total. The summed E-state index contributed by atoms with van der Waals surface area (Å²) in [6.07, 6.45) is 0.766. The van der Waals surface area contributed by atoms with Crippen LogP contribution >= 0.6 is 0 Å². The number of hydrogen-bond donors (Lipinski definition) is 2.